The maximum atomic E-state index is 10.7. The van der Waals surface area contributed by atoms with Gasteiger partial charge in [-0.2, -0.15) is 0 Å². The number of hydrogen-bond acceptors (Lipinski definition) is 3. The Kier molecular flexibility index (Phi) is 3.39. The highest BCUT2D eigenvalue weighted by molar-refractivity contribution is 6.32. The molecule has 0 heterocycles. The van der Waals surface area contributed by atoms with Gasteiger partial charge < -0.3 is 14.9 Å². The molecule has 92 valence electrons. The first-order chi connectivity index (χ1) is 8.58. The number of para-hydroxylation sites is 2. The molecule has 2 N–H and O–H groups in total. The average Bonchev–Trinajstić information content (AvgIpc) is 2.34. The molecule has 0 saturated heterocycles. The summed E-state index contributed by atoms with van der Waals surface area (Å²) in [4.78, 5) is 10.7. The van der Waals surface area contributed by atoms with Crippen molar-refractivity contribution in [1.82, 2.24) is 0 Å². The van der Waals surface area contributed by atoms with Crippen molar-refractivity contribution in [1.29, 1.82) is 0 Å². The van der Waals surface area contributed by atoms with Crippen LogP contribution in [0.4, 0.5) is 0 Å². The minimum absolute atomic E-state index is 0.0177. The maximum Gasteiger partial charge on any atom is 0.335 e. The van der Waals surface area contributed by atoms with E-state index in [0.717, 1.165) is 0 Å². The lowest BCUT2D eigenvalue weighted by atomic mass is 10.2. The number of ether oxygens (including phenoxy) is 1. The van der Waals surface area contributed by atoms with Crippen molar-refractivity contribution in [3.8, 4) is 17.2 Å². The number of halogens is 1. The standard InChI is InChI=1S/C13H9ClO4/c14-9-7-8(13(16)17)5-6-11(9)18-12-4-2-1-3-10(12)15/h1-7,15H,(H,16,17). The molecular weight excluding hydrogens is 256 g/mol. The summed E-state index contributed by atoms with van der Waals surface area (Å²) in [6.07, 6.45) is 0. The van der Waals surface area contributed by atoms with E-state index in [2.05, 4.69) is 0 Å². The van der Waals surface area contributed by atoms with Crippen LogP contribution in [0.2, 0.25) is 5.02 Å². The lowest BCUT2D eigenvalue weighted by molar-refractivity contribution is 0.0697. The van der Waals surface area contributed by atoms with E-state index in [4.69, 9.17) is 21.4 Å². The minimum atomic E-state index is -1.06. The minimum Gasteiger partial charge on any atom is -0.504 e. The maximum absolute atomic E-state index is 10.7. The molecule has 0 spiro atoms. The van der Waals surface area contributed by atoms with Crippen molar-refractivity contribution in [2.75, 3.05) is 0 Å². The van der Waals surface area contributed by atoms with Crippen LogP contribution in [0.15, 0.2) is 42.5 Å². The molecule has 0 atom stereocenters. The molecule has 2 aromatic carbocycles. The number of phenolic OH excluding ortho intramolecular Hbond substituents is 1. The van der Waals surface area contributed by atoms with Crippen LogP contribution in [0.3, 0.4) is 0 Å². The molecule has 0 aliphatic carbocycles. The molecular formula is C13H9ClO4. The van der Waals surface area contributed by atoms with Crippen molar-refractivity contribution >= 4 is 17.6 Å². The Labute approximate surface area is 108 Å². The molecule has 0 radical (unpaired) electrons. The fourth-order valence-corrected chi connectivity index (χ4v) is 1.60. The number of hydrogen-bond donors (Lipinski definition) is 2. The molecule has 0 unspecified atom stereocenters. The predicted molar refractivity (Wildman–Crippen MR) is 66.6 cm³/mol. The fraction of sp³-hybridized carbons (Fsp3) is 0. The Morgan fingerprint density at radius 3 is 2.44 bits per heavy atom. The van der Waals surface area contributed by atoms with Crippen molar-refractivity contribution in [3.05, 3.63) is 53.1 Å². The second-order valence-electron chi connectivity index (χ2n) is 3.52. The lowest BCUT2D eigenvalue weighted by Gasteiger charge is -2.09. The van der Waals surface area contributed by atoms with E-state index in [9.17, 15) is 9.90 Å². The van der Waals surface area contributed by atoms with Gasteiger partial charge in [0, 0.05) is 0 Å². The van der Waals surface area contributed by atoms with Gasteiger partial charge in [0.1, 0.15) is 5.75 Å². The van der Waals surface area contributed by atoms with Gasteiger partial charge in [-0.3, -0.25) is 0 Å². The Morgan fingerprint density at radius 2 is 1.83 bits per heavy atom. The van der Waals surface area contributed by atoms with E-state index >= 15 is 0 Å². The van der Waals surface area contributed by atoms with Gasteiger partial charge >= 0.3 is 5.97 Å². The van der Waals surface area contributed by atoms with E-state index in [-0.39, 0.29) is 27.8 Å². The SMILES string of the molecule is O=C(O)c1ccc(Oc2ccccc2O)c(Cl)c1. The van der Waals surface area contributed by atoms with Crippen LogP contribution in [0, 0.1) is 0 Å². The van der Waals surface area contributed by atoms with Gasteiger partial charge in [0.05, 0.1) is 10.6 Å². The summed E-state index contributed by atoms with van der Waals surface area (Å²) in [6.45, 7) is 0. The highest BCUT2D eigenvalue weighted by Gasteiger charge is 2.10. The Balaban J connectivity index is 2.30. The Hall–Kier alpha value is -2.20. The molecule has 2 aromatic rings. The van der Waals surface area contributed by atoms with E-state index in [0.29, 0.717) is 0 Å². The molecule has 0 aromatic heterocycles. The normalized spacial score (nSPS) is 10.1. The van der Waals surface area contributed by atoms with E-state index in [1.54, 1.807) is 18.2 Å². The molecule has 18 heavy (non-hydrogen) atoms. The summed E-state index contributed by atoms with van der Waals surface area (Å²) in [6, 6.07) is 10.5. The van der Waals surface area contributed by atoms with Crippen molar-refractivity contribution in [2.45, 2.75) is 0 Å². The zero-order chi connectivity index (χ0) is 13.1. The highest BCUT2D eigenvalue weighted by Crippen LogP contribution is 2.34. The number of benzene rings is 2. The summed E-state index contributed by atoms with van der Waals surface area (Å²) in [5.74, 6) is -0.549. The third kappa shape index (κ3) is 2.55. The van der Waals surface area contributed by atoms with Crippen LogP contribution in [0.1, 0.15) is 10.4 Å². The predicted octanol–water partition coefficient (Wildman–Crippen LogP) is 3.54. The van der Waals surface area contributed by atoms with Crippen molar-refractivity contribution < 1.29 is 19.7 Å². The average molecular weight is 265 g/mol. The summed E-state index contributed by atoms with van der Waals surface area (Å²) >= 11 is 5.91. The molecule has 0 fully saturated rings. The van der Waals surface area contributed by atoms with Crippen molar-refractivity contribution in [3.63, 3.8) is 0 Å². The van der Waals surface area contributed by atoms with Crippen LogP contribution in [0.5, 0.6) is 17.2 Å². The van der Waals surface area contributed by atoms with Gasteiger partial charge in [-0.25, -0.2) is 4.79 Å². The molecule has 0 saturated carbocycles. The van der Waals surface area contributed by atoms with Crippen LogP contribution in [-0.4, -0.2) is 16.2 Å². The van der Waals surface area contributed by atoms with Crippen LogP contribution in [0.25, 0.3) is 0 Å². The summed E-state index contributed by atoms with van der Waals surface area (Å²) < 4.78 is 5.40. The highest BCUT2D eigenvalue weighted by atomic mass is 35.5. The largest absolute Gasteiger partial charge is 0.504 e. The molecule has 0 aliphatic heterocycles. The van der Waals surface area contributed by atoms with Gasteiger partial charge in [-0.05, 0) is 30.3 Å². The topological polar surface area (TPSA) is 66.8 Å². The first-order valence-electron chi connectivity index (χ1n) is 5.06. The zero-order valence-electron chi connectivity index (χ0n) is 9.13. The van der Waals surface area contributed by atoms with Crippen LogP contribution < -0.4 is 4.74 Å². The van der Waals surface area contributed by atoms with E-state index in [1.165, 1.54) is 24.3 Å². The summed E-state index contributed by atoms with van der Waals surface area (Å²) in [5.41, 5.74) is 0.0737. The summed E-state index contributed by atoms with van der Waals surface area (Å²) in [7, 11) is 0. The Morgan fingerprint density at radius 1 is 1.11 bits per heavy atom. The molecule has 0 amide bonds. The fourth-order valence-electron chi connectivity index (χ4n) is 1.38. The van der Waals surface area contributed by atoms with Gasteiger partial charge in [-0.15, -0.1) is 0 Å². The Bertz CT molecular complexity index is 595. The summed E-state index contributed by atoms with van der Waals surface area (Å²) in [5, 5.41) is 18.5. The lowest BCUT2D eigenvalue weighted by Crippen LogP contribution is -1.96. The third-order valence-corrected chi connectivity index (χ3v) is 2.56. The van der Waals surface area contributed by atoms with Gasteiger partial charge in [0.15, 0.2) is 11.5 Å². The first kappa shape index (κ1) is 12.3. The number of carbonyl (C=O) groups is 1. The number of phenols is 1. The van der Waals surface area contributed by atoms with Crippen molar-refractivity contribution in [2.24, 2.45) is 0 Å². The van der Waals surface area contributed by atoms with Gasteiger partial charge in [0.25, 0.3) is 0 Å². The third-order valence-electron chi connectivity index (χ3n) is 2.26. The van der Waals surface area contributed by atoms with Gasteiger partial charge in [-0.1, -0.05) is 23.7 Å². The number of aromatic hydroxyl groups is 1. The van der Waals surface area contributed by atoms with Crippen LogP contribution in [-0.2, 0) is 0 Å². The molecule has 0 aliphatic rings. The molecule has 5 heteroatoms. The second-order valence-corrected chi connectivity index (χ2v) is 3.93. The second kappa shape index (κ2) is 4.98. The quantitative estimate of drug-likeness (QED) is 0.890. The van der Waals surface area contributed by atoms with E-state index in [1.807, 2.05) is 0 Å². The van der Waals surface area contributed by atoms with E-state index < -0.39 is 5.97 Å². The molecule has 2 rings (SSSR count). The molecule has 4 nitrogen and oxygen atoms in total. The number of carboxylic acids is 1. The first-order valence-corrected chi connectivity index (χ1v) is 5.44. The van der Waals surface area contributed by atoms with Crippen LogP contribution >= 0.6 is 11.6 Å². The zero-order valence-corrected chi connectivity index (χ0v) is 9.89. The molecule has 0 bridgehead atoms. The monoisotopic (exact) mass is 264 g/mol. The smallest absolute Gasteiger partial charge is 0.335 e. The number of carboxylic acid groups (broad SMARTS) is 1. The number of aromatic carboxylic acids is 1. The van der Waals surface area contributed by atoms with Gasteiger partial charge in [0.2, 0.25) is 0 Å². The number of rotatable bonds is 3.